The zero-order valence-electron chi connectivity index (χ0n) is 25.9. The van der Waals surface area contributed by atoms with Crippen LogP contribution in [0.15, 0.2) is 72.8 Å². The van der Waals surface area contributed by atoms with Gasteiger partial charge in [0, 0.05) is 31.2 Å². The average molecular weight is 701 g/mol. The highest BCUT2D eigenvalue weighted by Crippen LogP contribution is 2.34. The van der Waals surface area contributed by atoms with E-state index in [4.69, 9.17) is 32.7 Å². The molecule has 2 aliphatic rings. The summed E-state index contributed by atoms with van der Waals surface area (Å²) < 4.78 is 26.4. The smallest absolute Gasteiger partial charge is 0.254 e. The standard InChI is InChI=1S/C36H36Cl2FN3O4.ClH/c1-22-17-30(37)34(31(38)18-22)46-16-15-45-26-11-12-28(32(39)19-26)35(43)41-33-13-14-40-20-29(33)36(44)42(25-9-10-25)21-24-7-4-6-23-5-2-3-8-27(23)24;/h2-8,11-12,17-19,25,29,33,40H,9-10,13-16,20-21H2,1H3,(H,41,43);1H. The SMILES string of the molecule is Cc1cc(Cl)c(OCCOc2ccc(C(=O)NC3CCNCC3C(=O)N(Cc3cccc4ccccc34)C3CC3)c(F)c2)c(Cl)c1.Cl. The molecule has 4 aromatic rings. The van der Waals surface area contributed by atoms with Crippen LogP contribution in [-0.4, -0.2) is 55.1 Å². The van der Waals surface area contributed by atoms with Gasteiger partial charge < -0.3 is 25.0 Å². The molecular weight excluding hydrogens is 664 g/mol. The maximum absolute atomic E-state index is 15.1. The van der Waals surface area contributed by atoms with Crippen LogP contribution < -0.4 is 20.1 Å². The summed E-state index contributed by atoms with van der Waals surface area (Å²) in [4.78, 5) is 29.3. The molecule has 1 heterocycles. The first kappa shape index (κ1) is 34.8. The van der Waals surface area contributed by atoms with E-state index in [2.05, 4.69) is 34.9 Å². The van der Waals surface area contributed by atoms with Crippen molar-refractivity contribution in [2.45, 2.75) is 44.8 Å². The summed E-state index contributed by atoms with van der Waals surface area (Å²) in [5.41, 5.74) is 1.90. The van der Waals surface area contributed by atoms with Crippen molar-refractivity contribution in [2.24, 2.45) is 5.92 Å². The lowest BCUT2D eigenvalue weighted by Crippen LogP contribution is -2.55. The van der Waals surface area contributed by atoms with Crippen LogP contribution in [-0.2, 0) is 11.3 Å². The molecular formula is C36H37Cl3FN3O4. The average Bonchev–Trinajstić information content (AvgIpc) is 3.88. The molecule has 4 aromatic carbocycles. The molecule has 0 bridgehead atoms. The zero-order chi connectivity index (χ0) is 32.2. The second-order valence-electron chi connectivity index (χ2n) is 11.9. The Balaban J connectivity index is 0.00000433. The number of halogens is 4. The number of rotatable bonds is 11. The second-order valence-corrected chi connectivity index (χ2v) is 12.7. The van der Waals surface area contributed by atoms with Crippen LogP contribution >= 0.6 is 35.6 Å². The van der Waals surface area contributed by atoms with Gasteiger partial charge in [-0.3, -0.25) is 9.59 Å². The first-order valence-electron chi connectivity index (χ1n) is 15.6. The Kier molecular flexibility index (Phi) is 11.5. The summed E-state index contributed by atoms with van der Waals surface area (Å²) in [6, 6.07) is 21.7. The van der Waals surface area contributed by atoms with E-state index in [1.165, 1.54) is 18.2 Å². The highest BCUT2D eigenvalue weighted by atomic mass is 35.5. The predicted molar refractivity (Wildman–Crippen MR) is 186 cm³/mol. The van der Waals surface area contributed by atoms with Crippen molar-refractivity contribution >= 4 is 58.2 Å². The van der Waals surface area contributed by atoms with Crippen LogP contribution in [0.1, 0.15) is 40.7 Å². The van der Waals surface area contributed by atoms with Crippen molar-refractivity contribution in [3.8, 4) is 11.5 Å². The summed E-state index contributed by atoms with van der Waals surface area (Å²) >= 11 is 12.4. The van der Waals surface area contributed by atoms with Gasteiger partial charge in [0.25, 0.3) is 5.91 Å². The summed E-state index contributed by atoms with van der Waals surface area (Å²) in [5, 5.41) is 9.34. The molecule has 2 amide bonds. The van der Waals surface area contributed by atoms with Crippen LogP contribution in [0.4, 0.5) is 4.39 Å². The normalized spacial score (nSPS) is 17.4. The number of fused-ring (bicyclic) bond motifs is 1. The molecule has 6 rings (SSSR count). The molecule has 0 spiro atoms. The molecule has 1 saturated carbocycles. The summed E-state index contributed by atoms with van der Waals surface area (Å²) in [6.07, 6.45) is 2.49. The third-order valence-electron chi connectivity index (χ3n) is 8.53. The number of hydrogen-bond donors (Lipinski definition) is 2. The molecule has 1 aliphatic carbocycles. The predicted octanol–water partition coefficient (Wildman–Crippen LogP) is 7.37. The van der Waals surface area contributed by atoms with E-state index in [9.17, 15) is 9.59 Å². The fourth-order valence-electron chi connectivity index (χ4n) is 6.03. The number of aryl methyl sites for hydroxylation is 1. The van der Waals surface area contributed by atoms with Crippen molar-refractivity contribution in [3.05, 3.63) is 105 Å². The molecule has 11 heteroatoms. The van der Waals surface area contributed by atoms with E-state index >= 15 is 4.39 Å². The van der Waals surface area contributed by atoms with Crippen molar-refractivity contribution in [1.29, 1.82) is 0 Å². The Morgan fingerprint density at radius 2 is 1.68 bits per heavy atom. The van der Waals surface area contributed by atoms with E-state index in [0.717, 1.165) is 34.7 Å². The molecule has 0 aromatic heterocycles. The van der Waals surface area contributed by atoms with Crippen LogP contribution in [0.3, 0.4) is 0 Å². The maximum atomic E-state index is 15.1. The van der Waals surface area contributed by atoms with E-state index < -0.39 is 23.7 Å². The molecule has 1 saturated heterocycles. The highest BCUT2D eigenvalue weighted by Gasteiger charge is 2.40. The molecule has 248 valence electrons. The maximum Gasteiger partial charge on any atom is 0.254 e. The van der Waals surface area contributed by atoms with Gasteiger partial charge in [-0.1, -0.05) is 65.7 Å². The molecule has 1 aliphatic heterocycles. The van der Waals surface area contributed by atoms with E-state index in [0.29, 0.717) is 41.8 Å². The molecule has 47 heavy (non-hydrogen) atoms. The van der Waals surface area contributed by atoms with Gasteiger partial charge >= 0.3 is 0 Å². The lowest BCUT2D eigenvalue weighted by Gasteiger charge is -2.36. The minimum absolute atomic E-state index is 0. The van der Waals surface area contributed by atoms with Crippen molar-refractivity contribution in [3.63, 3.8) is 0 Å². The monoisotopic (exact) mass is 699 g/mol. The largest absolute Gasteiger partial charge is 0.490 e. The highest BCUT2D eigenvalue weighted by molar-refractivity contribution is 6.37. The lowest BCUT2D eigenvalue weighted by atomic mass is 9.91. The molecule has 2 fully saturated rings. The number of ether oxygens (including phenoxy) is 2. The van der Waals surface area contributed by atoms with E-state index in [1.807, 2.05) is 30.0 Å². The summed E-state index contributed by atoms with van der Waals surface area (Å²) in [7, 11) is 0. The number of hydrogen-bond acceptors (Lipinski definition) is 5. The Morgan fingerprint density at radius 3 is 2.43 bits per heavy atom. The number of nitrogens with one attached hydrogen (secondary N) is 2. The zero-order valence-corrected chi connectivity index (χ0v) is 28.3. The van der Waals surface area contributed by atoms with Gasteiger partial charge in [0.05, 0.1) is 21.5 Å². The van der Waals surface area contributed by atoms with E-state index in [1.54, 1.807) is 12.1 Å². The van der Waals surface area contributed by atoms with Gasteiger partial charge in [-0.2, -0.15) is 0 Å². The third-order valence-corrected chi connectivity index (χ3v) is 9.09. The third kappa shape index (κ3) is 8.30. The first-order valence-corrected chi connectivity index (χ1v) is 16.3. The van der Waals surface area contributed by atoms with Gasteiger partial charge in [0.15, 0.2) is 5.75 Å². The van der Waals surface area contributed by atoms with Crippen LogP contribution in [0.2, 0.25) is 10.0 Å². The first-order chi connectivity index (χ1) is 22.3. The molecule has 7 nitrogen and oxygen atoms in total. The Labute approximate surface area is 290 Å². The molecule has 2 atom stereocenters. The molecule has 2 unspecified atom stereocenters. The number of piperidine rings is 1. The van der Waals surface area contributed by atoms with Crippen molar-refractivity contribution in [1.82, 2.24) is 15.5 Å². The number of amides is 2. The summed E-state index contributed by atoms with van der Waals surface area (Å²) in [6.45, 7) is 3.73. The van der Waals surface area contributed by atoms with Gasteiger partial charge in [-0.05, 0) is 78.9 Å². The summed E-state index contributed by atoms with van der Waals surface area (Å²) in [5.74, 6) is -1.12. The number of carbonyl (C=O) groups is 2. The van der Waals surface area contributed by atoms with Gasteiger partial charge in [0.2, 0.25) is 5.91 Å². The van der Waals surface area contributed by atoms with Gasteiger partial charge in [0.1, 0.15) is 24.8 Å². The van der Waals surface area contributed by atoms with Crippen molar-refractivity contribution in [2.75, 3.05) is 26.3 Å². The van der Waals surface area contributed by atoms with Crippen LogP contribution in [0.5, 0.6) is 11.5 Å². The van der Waals surface area contributed by atoms with E-state index in [-0.39, 0.29) is 48.9 Å². The number of nitrogens with zero attached hydrogens (tertiary/aromatic N) is 1. The fraction of sp³-hybridized carbons (Fsp3) is 0.333. The number of benzene rings is 4. The van der Waals surface area contributed by atoms with Crippen LogP contribution in [0, 0.1) is 18.7 Å². The Morgan fingerprint density at radius 1 is 0.957 bits per heavy atom. The second kappa shape index (κ2) is 15.6. The number of carbonyl (C=O) groups excluding carboxylic acids is 2. The minimum Gasteiger partial charge on any atom is -0.490 e. The quantitative estimate of drug-likeness (QED) is 0.160. The Bertz CT molecular complexity index is 1720. The lowest BCUT2D eigenvalue weighted by molar-refractivity contribution is -0.138. The topological polar surface area (TPSA) is 79.9 Å². The molecule has 2 N–H and O–H groups in total. The fourth-order valence-corrected chi connectivity index (χ4v) is 6.74. The minimum atomic E-state index is -0.715. The Hall–Kier alpha value is -3.56. The van der Waals surface area contributed by atoms with Crippen molar-refractivity contribution < 1.29 is 23.5 Å². The van der Waals surface area contributed by atoms with Gasteiger partial charge in [-0.25, -0.2) is 4.39 Å². The van der Waals surface area contributed by atoms with Crippen LogP contribution in [0.25, 0.3) is 10.8 Å². The molecule has 0 radical (unpaired) electrons. The van der Waals surface area contributed by atoms with Gasteiger partial charge in [-0.15, -0.1) is 12.4 Å².